The topological polar surface area (TPSA) is 82.4 Å². The average molecular weight is 390 g/mol. The number of carbonyl (C=O) groups excluding carboxylic acids is 2. The van der Waals surface area contributed by atoms with E-state index in [2.05, 4.69) is 22.0 Å². The summed E-state index contributed by atoms with van der Waals surface area (Å²) in [6, 6.07) is 17.6. The number of carbonyl (C=O) groups is 2. The highest BCUT2D eigenvalue weighted by Crippen LogP contribution is 2.20. The highest BCUT2D eigenvalue weighted by molar-refractivity contribution is 5.91. The van der Waals surface area contributed by atoms with Gasteiger partial charge in [-0.05, 0) is 23.6 Å². The largest absolute Gasteiger partial charge is 0.368 e. The highest BCUT2D eigenvalue weighted by atomic mass is 16.2. The van der Waals surface area contributed by atoms with Gasteiger partial charge in [-0.1, -0.05) is 48.5 Å². The van der Waals surface area contributed by atoms with Crippen molar-refractivity contribution in [1.82, 2.24) is 14.8 Å². The van der Waals surface area contributed by atoms with Crippen LogP contribution in [0.2, 0.25) is 0 Å². The van der Waals surface area contributed by atoms with E-state index < -0.39 is 11.9 Å². The maximum atomic E-state index is 13.0. The number of para-hydroxylation sites is 1. The van der Waals surface area contributed by atoms with Gasteiger partial charge in [0.25, 0.3) is 0 Å². The number of hydrogen-bond acceptors (Lipinski definition) is 3. The van der Waals surface area contributed by atoms with Crippen LogP contribution in [-0.4, -0.2) is 58.8 Å². The van der Waals surface area contributed by atoms with Gasteiger partial charge in [-0.2, -0.15) is 0 Å². The Labute approximate surface area is 170 Å². The number of aromatic nitrogens is 1. The number of nitrogens with one attached hydrogen (secondary N) is 1. The number of hydrogen-bond donors (Lipinski definition) is 2. The first-order valence-corrected chi connectivity index (χ1v) is 10.0. The summed E-state index contributed by atoms with van der Waals surface area (Å²) in [6.45, 7) is 2.60. The predicted molar refractivity (Wildman–Crippen MR) is 113 cm³/mol. The van der Waals surface area contributed by atoms with E-state index in [0.717, 1.165) is 36.0 Å². The second kappa shape index (κ2) is 8.49. The number of nitrogens with zero attached hydrogens (tertiary/aromatic N) is 2. The Balaban J connectivity index is 1.41. The third-order valence-electron chi connectivity index (χ3n) is 5.69. The van der Waals surface area contributed by atoms with Crippen molar-refractivity contribution in [1.29, 1.82) is 0 Å². The number of fused-ring (bicyclic) bond motifs is 1. The number of aromatic amines is 1. The van der Waals surface area contributed by atoms with Crippen LogP contribution in [-0.2, 0) is 22.4 Å². The molecule has 0 bridgehead atoms. The van der Waals surface area contributed by atoms with Crippen molar-refractivity contribution >= 4 is 22.7 Å². The van der Waals surface area contributed by atoms with E-state index in [9.17, 15) is 9.59 Å². The Morgan fingerprint density at radius 1 is 1.03 bits per heavy atom. The molecule has 4 rings (SSSR count). The van der Waals surface area contributed by atoms with E-state index in [1.54, 1.807) is 4.90 Å². The third kappa shape index (κ3) is 4.32. The zero-order chi connectivity index (χ0) is 20.2. The summed E-state index contributed by atoms with van der Waals surface area (Å²) in [5.41, 5.74) is 8.88. The van der Waals surface area contributed by atoms with E-state index in [1.807, 2.05) is 48.7 Å². The Morgan fingerprint density at radius 3 is 2.59 bits per heavy atom. The first-order valence-electron chi connectivity index (χ1n) is 10.0. The molecule has 3 aromatic rings. The smallest absolute Gasteiger partial charge is 0.241 e. The molecule has 2 aromatic carbocycles. The minimum Gasteiger partial charge on any atom is -0.368 e. The average Bonchev–Trinajstić information content (AvgIpc) is 3.15. The lowest BCUT2D eigenvalue weighted by Gasteiger charge is -2.40. The van der Waals surface area contributed by atoms with Crippen molar-refractivity contribution < 1.29 is 9.59 Å². The lowest BCUT2D eigenvalue weighted by molar-refractivity contribution is -0.142. The zero-order valence-corrected chi connectivity index (χ0v) is 16.4. The number of amides is 2. The molecule has 0 spiro atoms. The molecule has 2 amide bonds. The number of H-pyrrole nitrogens is 1. The Bertz CT molecular complexity index is 998. The molecule has 0 radical (unpaired) electrons. The molecule has 3 N–H and O–H groups in total. The zero-order valence-electron chi connectivity index (χ0n) is 16.4. The molecule has 29 heavy (non-hydrogen) atoms. The van der Waals surface area contributed by atoms with Crippen LogP contribution in [0.3, 0.4) is 0 Å². The lowest BCUT2D eigenvalue weighted by Crippen LogP contribution is -2.60. The van der Waals surface area contributed by atoms with E-state index in [-0.39, 0.29) is 12.3 Å². The lowest BCUT2D eigenvalue weighted by atomic mass is 10.1. The van der Waals surface area contributed by atoms with Crippen LogP contribution in [0.4, 0.5) is 0 Å². The fraction of sp³-hybridized carbons (Fsp3) is 0.304. The van der Waals surface area contributed by atoms with Gasteiger partial charge >= 0.3 is 0 Å². The predicted octanol–water partition coefficient (Wildman–Crippen LogP) is 1.95. The van der Waals surface area contributed by atoms with Crippen LogP contribution in [0.25, 0.3) is 10.9 Å². The molecule has 1 aliphatic rings. The van der Waals surface area contributed by atoms with Crippen molar-refractivity contribution in [3.05, 3.63) is 71.9 Å². The molecule has 6 heteroatoms. The first-order chi connectivity index (χ1) is 14.1. The van der Waals surface area contributed by atoms with Crippen LogP contribution < -0.4 is 5.73 Å². The number of benzene rings is 2. The maximum absolute atomic E-state index is 13.0. The summed E-state index contributed by atoms with van der Waals surface area (Å²) in [5, 5.41) is 1.04. The molecule has 1 aromatic heterocycles. The monoisotopic (exact) mass is 390 g/mol. The summed E-state index contributed by atoms with van der Waals surface area (Å²) < 4.78 is 0. The molecule has 1 atom stereocenters. The van der Waals surface area contributed by atoms with Gasteiger partial charge in [0, 0.05) is 43.3 Å². The number of nitrogens with two attached hydrogens (primary N) is 1. The van der Waals surface area contributed by atoms with Crippen LogP contribution in [0.5, 0.6) is 0 Å². The van der Waals surface area contributed by atoms with Crippen molar-refractivity contribution in [2.45, 2.75) is 18.9 Å². The van der Waals surface area contributed by atoms with E-state index in [1.165, 1.54) is 5.56 Å². The normalized spacial score (nSPS) is 17.5. The molecule has 6 nitrogen and oxygen atoms in total. The standard InChI is InChI=1S/C23H26N4O2/c24-23(29)21-16-26(11-10-17-6-2-1-3-7-17)12-13-27(21)22(28)14-18-15-25-20-9-5-4-8-19(18)20/h1-9,15,21,25H,10-14,16H2,(H2,24,29)/t21-/m0/s1. The Hall–Kier alpha value is -3.12. The molecule has 0 aliphatic carbocycles. The molecule has 1 fully saturated rings. The molecular weight excluding hydrogens is 364 g/mol. The third-order valence-corrected chi connectivity index (χ3v) is 5.69. The van der Waals surface area contributed by atoms with Crippen LogP contribution >= 0.6 is 0 Å². The second-order valence-electron chi connectivity index (χ2n) is 7.58. The van der Waals surface area contributed by atoms with Gasteiger partial charge < -0.3 is 15.6 Å². The van der Waals surface area contributed by atoms with Gasteiger partial charge in [0.05, 0.1) is 6.42 Å². The van der Waals surface area contributed by atoms with E-state index in [0.29, 0.717) is 13.1 Å². The molecule has 1 saturated heterocycles. The van der Waals surface area contributed by atoms with Crippen molar-refractivity contribution in [2.75, 3.05) is 26.2 Å². The summed E-state index contributed by atoms with van der Waals surface area (Å²) in [5.74, 6) is -0.497. The van der Waals surface area contributed by atoms with Crippen molar-refractivity contribution in [3.63, 3.8) is 0 Å². The Morgan fingerprint density at radius 2 is 1.79 bits per heavy atom. The van der Waals surface area contributed by atoms with Gasteiger partial charge in [0.1, 0.15) is 6.04 Å². The summed E-state index contributed by atoms with van der Waals surface area (Å²) >= 11 is 0. The first kappa shape index (κ1) is 19.2. The van der Waals surface area contributed by atoms with Gasteiger partial charge in [0.2, 0.25) is 11.8 Å². The summed E-state index contributed by atoms with van der Waals surface area (Å²) in [6.07, 6.45) is 3.05. The number of primary amides is 1. The van der Waals surface area contributed by atoms with Crippen LogP contribution in [0.1, 0.15) is 11.1 Å². The molecular formula is C23H26N4O2. The summed E-state index contributed by atoms with van der Waals surface area (Å²) in [7, 11) is 0. The van der Waals surface area contributed by atoms with Gasteiger partial charge in [0.15, 0.2) is 0 Å². The summed E-state index contributed by atoms with van der Waals surface area (Å²) in [4.78, 5) is 32.2. The molecule has 0 unspecified atom stereocenters. The molecule has 2 heterocycles. The molecule has 0 saturated carbocycles. The minimum absolute atomic E-state index is 0.0544. The van der Waals surface area contributed by atoms with E-state index in [4.69, 9.17) is 5.73 Å². The Kier molecular flexibility index (Phi) is 5.62. The van der Waals surface area contributed by atoms with Crippen LogP contribution in [0.15, 0.2) is 60.8 Å². The SMILES string of the molecule is NC(=O)[C@@H]1CN(CCc2ccccc2)CCN1C(=O)Cc1c[nH]c2ccccc12. The minimum atomic E-state index is -0.586. The van der Waals surface area contributed by atoms with E-state index >= 15 is 0 Å². The quantitative estimate of drug-likeness (QED) is 0.675. The molecule has 150 valence electrons. The maximum Gasteiger partial charge on any atom is 0.241 e. The number of piperazine rings is 1. The van der Waals surface area contributed by atoms with Crippen molar-refractivity contribution in [2.24, 2.45) is 5.73 Å². The van der Waals surface area contributed by atoms with Gasteiger partial charge in [-0.3, -0.25) is 14.5 Å². The second-order valence-corrected chi connectivity index (χ2v) is 7.58. The fourth-order valence-electron chi connectivity index (χ4n) is 4.06. The number of rotatable bonds is 6. The highest BCUT2D eigenvalue weighted by Gasteiger charge is 2.34. The van der Waals surface area contributed by atoms with Gasteiger partial charge in [-0.25, -0.2) is 0 Å². The van der Waals surface area contributed by atoms with Crippen LogP contribution in [0, 0.1) is 0 Å². The molecule has 1 aliphatic heterocycles. The van der Waals surface area contributed by atoms with Gasteiger partial charge in [-0.15, -0.1) is 0 Å². The fourth-order valence-corrected chi connectivity index (χ4v) is 4.06. The van der Waals surface area contributed by atoms with Crippen molar-refractivity contribution in [3.8, 4) is 0 Å².